The van der Waals surface area contributed by atoms with Crippen LogP contribution in [0.5, 0.6) is 0 Å². The van der Waals surface area contributed by atoms with Crippen LogP contribution in [-0.2, 0) is 21.7 Å². The maximum atomic E-state index is 2.57. The van der Waals surface area contributed by atoms with Crippen molar-refractivity contribution in [1.29, 1.82) is 0 Å². The number of fused-ring (bicyclic) bond motifs is 3. The van der Waals surface area contributed by atoms with Crippen LogP contribution >= 0.6 is 0 Å². The van der Waals surface area contributed by atoms with Gasteiger partial charge in [-0.3, -0.25) is 0 Å². The monoisotopic (exact) mass is 1060 g/mol. The first kappa shape index (κ1) is 52.6. The largest absolute Gasteiger partial charge is 0.309 e. The second-order valence-electron chi connectivity index (χ2n) is 27.1. The van der Waals surface area contributed by atoms with E-state index in [4.69, 9.17) is 0 Å². The normalized spacial score (nSPS) is 12.6. The Hall–Kier alpha value is -8.72. The van der Waals surface area contributed by atoms with E-state index in [2.05, 4.69) is 323 Å². The summed E-state index contributed by atoms with van der Waals surface area (Å²) in [5, 5.41) is 9.98. The lowest BCUT2D eigenvalue weighted by Crippen LogP contribution is -2.16. The van der Waals surface area contributed by atoms with Gasteiger partial charge in [0.15, 0.2) is 0 Å². The molecule has 1 heterocycles. The first-order valence-electron chi connectivity index (χ1n) is 29.4. The number of anilines is 3. The van der Waals surface area contributed by atoms with E-state index in [1.807, 2.05) is 0 Å². The molecule has 2 heteroatoms. The van der Waals surface area contributed by atoms with Crippen molar-refractivity contribution >= 4 is 71.2 Å². The van der Waals surface area contributed by atoms with Crippen LogP contribution in [0.4, 0.5) is 17.1 Å². The van der Waals surface area contributed by atoms with Crippen LogP contribution in [0.3, 0.4) is 0 Å². The van der Waals surface area contributed by atoms with E-state index >= 15 is 0 Å². The SMILES string of the molecule is CC(C)(C)c1cc(-c2ccccc2)cc(-c2ccc(C(C)(C)C)cc2N(c2ccc(-c3cccc(-c4cc(C(C)(C)C)cc(C(C)(C)C)c4)c3)cc2)c2ccc3ccc4c(-n5c6ccccc6c6ccccc65)ccc5ccc2c3c54)c1. The summed E-state index contributed by atoms with van der Waals surface area (Å²) in [5.74, 6) is 0. The maximum absolute atomic E-state index is 2.57. The van der Waals surface area contributed by atoms with Gasteiger partial charge in [-0.2, -0.15) is 0 Å². The molecule has 0 saturated carbocycles. The Morgan fingerprint density at radius 3 is 1.35 bits per heavy atom. The van der Waals surface area contributed by atoms with Crippen LogP contribution in [0.1, 0.15) is 105 Å². The number of hydrogen-bond donors (Lipinski definition) is 0. The smallest absolute Gasteiger partial charge is 0.0543 e. The van der Waals surface area contributed by atoms with E-state index in [-0.39, 0.29) is 21.7 Å². The zero-order valence-corrected chi connectivity index (χ0v) is 49.8. The van der Waals surface area contributed by atoms with E-state index in [1.54, 1.807) is 0 Å². The molecule has 0 spiro atoms. The molecule has 404 valence electrons. The molecule has 0 radical (unpaired) electrons. The predicted molar refractivity (Wildman–Crippen MR) is 356 cm³/mol. The fourth-order valence-electron chi connectivity index (χ4n) is 12.5. The van der Waals surface area contributed by atoms with Crippen LogP contribution in [0.2, 0.25) is 0 Å². The third-order valence-corrected chi connectivity index (χ3v) is 17.3. The van der Waals surface area contributed by atoms with Gasteiger partial charge in [0.1, 0.15) is 0 Å². The number of para-hydroxylation sites is 2. The first-order valence-corrected chi connectivity index (χ1v) is 29.4. The van der Waals surface area contributed by atoms with Crippen molar-refractivity contribution in [2.24, 2.45) is 0 Å². The van der Waals surface area contributed by atoms with Gasteiger partial charge in [0, 0.05) is 32.8 Å². The second kappa shape index (κ2) is 19.5. The number of hydrogen-bond acceptors (Lipinski definition) is 1. The van der Waals surface area contributed by atoms with Gasteiger partial charge in [-0.25, -0.2) is 0 Å². The molecule has 0 aliphatic rings. The summed E-state index contributed by atoms with van der Waals surface area (Å²) in [4.78, 5) is 2.57. The summed E-state index contributed by atoms with van der Waals surface area (Å²) in [6.07, 6.45) is 0. The topological polar surface area (TPSA) is 8.17 Å². The average Bonchev–Trinajstić information content (AvgIpc) is 2.57. The van der Waals surface area contributed by atoms with Crippen molar-refractivity contribution in [3.05, 3.63) is 253 Å². The summed E-state index contributed by atoms with van der Waals surface area (Å²) in [6, 6.07) is 87.6. The zero-order valence-electron chi connectivity index (χ0n) is 49.8. The molecule has 0 atom stereocenters. The predicted octanol–water partition coefficient (Wildman–Crippen LogP) is 23.0. The van der Waals surface area contributed by atoms with E-state index in [0.29, 0.717) is 0 Å². The first-order chi connectivity index (χ1) is 39.2. The van der Waals surface area contributed by atoms with Gasteiger partial charge in [-0.15, -0.1) is 0 Å². The molecule has 1 aromatic heterocycles. The summed E-state index contributed by atoms with van der Waals surface area (Å²) in [6.45, 7) is 27.9. The highest BCUT2D eigenvalue weighted by Crippen LogP contribution is 2.50. The van der Waals surface area contributed by atoms with E-state index in [1.165, 1.54) is 127 Å². The Morgan fingerprint density at radius 1 is 0.280 bits per heavy atom. The van der Waals surface area contributed by atoms with Crippen LogP contribution in [0.25, 0.3) is 104 Å². The fraction of sp³-hybridized carbons (Fsp3) is 0.200. The van der Waals surface area contributed by atoms with Crippen molar-refractivity contribution in [2.45, 2.75) is 105 Å². The standard InChI is InChI=1S/C80H74N2/c1-77(2,3)60-35-40-65(59-44-57(51-21-14-13-15-22-51)45-61(48-59)78(4,5)6)74(50-60)81(64-36-29-52(30-37-64)55-23-20-24-56(43-55)58-46-62(79(7,8)9)49-63(47-58)80(10,11)12)72-41-33-53-32-39-69-73(42-34-54-31-38-68(72)75(53)76(54)69)82-70-27-18-16-25-66(70)67-26-17-19-28-71(67)82/h13-50H,1-12H3. The Bertz CT molecular complexity index is 4490. The van der Waals surface area contributed by atoms with E-state index in [0.717, 1.165) is 17.1 Å². The highest BCUT2D eigenvalue weighted by Gasteiger charge is 2.27. The third-order valence-electron chi connectivity index (χ3n) is 17.3. The number of nitrogens with zero attached hydrogens (tertiary/aromatic N) is 2. The molecule has 0 saturated heterocycles. The summed E-state index contributed by atoms with van der Waals surface area (Å²) in [5.41, 5.74) is 21.8. The Labute approximate surface area is 485 Å². The van der Waals surface area contributed by atoms with Gasteiger partial charge in [-0.05, 0) is 159 Å². The molecule has 82 heavy (non-hydrogen) atoms. The summed E-state index contributed by atoms with van der Waals surface area (Å²) < 4.78 is 2.48. The molecule has 0 N–H and O–H groups in total. The quantitative estimate of drug-likeness (QED) is 0.138. The molecule has 0 bridgehead atoms. The van der Waals surface area contributed by atoms with Crippen molar-refractivity contribution < 1.29 is 0 Å². The average molecular weight is 1060 g/mol. The molecule has 12 aromatic carbocycles. The molecule has 0 aliphatic heterocycles. The van der Waals surface area contributed by atoms with Crippen LogP contribution in [-0.4, -0.2) is 4.57 Å². The summed E-state index contributed by atoms with van der Waals surface area (Å²) >= 11 is 0. The van der Waals surface area contributed by atoms with E-state index < -0.39 is 0 Å². The van der Waals surface area contributed by atoms with Crippen LogP contribution in [0.15, 0.2) is 231 Å². The number of benzene rings is 12. The molecule has 2 nitrogen and oxygen atoms in total. The van der Waals surface area contributed by atoms with Gasteiger partial charge in [-0.1, -0.05) is 259 Å². The fourth-order valence-corrected chi connectivity index (χ4v) is 12.5. The number of rotatable bonds is 8. The van der Waals surface area contributed by atoms with Gasteiger partial charge >= 0.3 is 0 Å². The Morgan fingerprint density at radius 2 is 0.744 bits per heavy atom. The Balaban J connectivity index is 1.05. The highest BCUT2D eigenvalue weighted by molar-refractivity contribution is 6.27. The van der Waals surface area contributed by atoms with Gasteiger partial charge in [0.2, 0.25) is 0 Å². The molecule has 13 aromatic rings. The lowest BCUT2D eigenvalue weighted by atomic mass is 9.79. The zero-order chi connectivity index (χ0) is 57.0. The van der Waals surface area contributed by atoms with Crippen molar-refractivity contribution in [3.8, 4) is 50.2 Å². The lowest BCUT2D eigenvalue weighted by molar-refractivity contribution is 0.569. The van der Waals surface area contributed by atoms with Gasteiger partial charge in [0.05, 0.1) is 28.1 Å². The lowest BCUT2D eigenvalue weighted by Gasteiger charge is -2.32. The highest BCUT2D eigenvalue weighted by atomic mass is 15.1. The van der Waals surface area contributed by atoms with Crippen molar-refractivity contribution in [1.82, 2.24) is 4.57 Å². The van der Waals surface area contributed by atoms with Gasteiger partial charge in [0.25, 0.3) is 0 Å². The minimum Gasteiger partial charge on any atom is -0.309 e. The molecule has 13 rings (SSSR count). The number of aromatic nitrogens is 1. The van der Waals surface area contributed by atoms with Gasteiger partial charge < -0.3 is 9.47 Å². The van der Waals surface area contributed by atoms with E-state index in [9.17, 15) is 0 Å². The van der Waals surface area contributed by atoms with Crippen molar-refractivity contribution in [3.63, 3.8) is 0 Å². The third kappa shape index (κ3) is 9.33. The molecular weight excluding hydrogens is 989 g/mol. The summed E-state index contributed by atoms with van der Waals surface area (Å²) in [7, 11) is 0. The minimum absolute atomic E-state index is 0.0201. The van der Waals surface area contributed by atoms with Crippen molar-refractivity contribution in [2.75, 3.05) is 4.90 Å². The maximum Gasteiger partial charge on any atom is 0.0543 e. The molecule has 0 fully saturated rings. The second-order valence-corrected chi connectivity index (χ2v) is 27.1. The molecule has 0 aliphatic carbocycles. The van der Waals surface area contributed by atoms with Crippen LogP contribution < -0.4 is 4.90 Å². The molecule has 0 amide bonds. The molecule has 0 unspecified atom stereocenters. The minimum atomic E-state index is -0.123. The van der Waals surface area contributed by atoms with Crippen LogP contribution in [0, 0.1) is 0 Å². The Kier molecular flexibility index (Phi) is 12.5. The molecular formula is C80H74N2.